The first-order valence-electron chi connectivity index (χ1n) is 7.92. The number of aryl methyl sites for hydroxylation is 2. The Balaban J connectivity index is 2.18. The molecule has 1 amide bonds. The maximum absolute atomic E-state index is 12.6. The topological polar surface area (TPSA) is 47.6 Å². The molecule has 0 radical (unpaired) electrons. The molecule has 2 rings (SSSR count). The van der Waals surface area contributed by atoms with Crippen LogP contribution in [0.25, 0.3) is 0 Å². The SMILES string of the molecule is CO[C@](C)(C(=O)Nc1cc(C)c(OC(C)C)c(C)c1)C1CC1. The fourth-order valence-corrected chi connectivity index (χ4v) is 2.78. The zero-order valence-corrected chi connectivity index (χ0v) is 14.4. The van der Waals surface area contributed by atoms with Gasteiger partial charge in [0.1, 0.15) is 11.4 Å². The van der Waals surface area contributed by atoms with E-state index in [4.69, 9.17) is 9.47 Å². The van der Waals surface area contributed by atoms with Gasteiger partial charge in [-0.25, -0.2) is 0 Å². The van der Waals surface area contributed by atoms with Crippen LogP contribution in [0.3, 0.4) is 0 Å². The van der Waals surface area contributed by atoms with Crippen molar-refractivity contribution in [3.8, 4) is 5.75 Å². The van der Waals surface area contributed by atoms with E-state index in [0.29, 0.717) is 5.92 Å². The molecule has 1 saturated carbocycles. The lowest BCUT2D eigenvalue weighted by Crippen LogP contribution is -2.44. The molecule has 1 atom stereocenters. The smallest absolute Gasteiger partial charge is 0.256 e. The third-order valence-corrected chi connectivity index (χ3v) is 4.30. The van der Waals surface area contributed by atoms with Crippen LogP contribution in [0.15, 0.2) is 12.1 Å². The Morgan fingerprint density at radius 1 is 1.27 bits per heavy atom. The Hall–Kier alpha value is -1.55. The van der Waals surface area contributed by atoms with Crippen molar-refractivity contribution < 1.29 is 14.3 Å². The number of rotatable bonds is 6. The van der Waals surface area contributed by atoms with E-state index < -0.39 is 5.60 Å². The average Bonchev–Trinajstić information content (AvgIpc) is 3.26. The first-order chi connectivity index (χ1) is 10.3. The molecule has 1 aliphatic carbocycles. The van der Waals surface area contributed by atoms with Crippen LogP contribution in [0, 0.1) is 19.8 Å². The Morgan fingerprint density at radius 2 is 1.82 bits per heavy atom. The van der Waals surface area contributed by atoms with Crippen LogP contribution < -0.4 is 10.1 Å². The van der Waals surface area contributed by atoms with Gasteiger partial charge in [0.25, 0.3) is 5.91 Å². The van der Waals surface area contributed by atoms with Gasteiger partial charge in [-0.05, 0) is 76.6 Å². The fraction of sp³-hybridized carbons (Fsp3) is 0.611. The van der Waals surface area contributed by atoms with Gasteiger partial charge in [0.15, 0.2) is 0 Å². The highest BCUT2D eigenvalue weighted by Crippen LogP contribution is 2.42. The summed E-state index contributed by atoms with van der Waals surface area (Å²) in [6.07, 6.45) is 2.23. The number of benzene rings is 1. The highest BCUT2D eigenvalue weighted by atomic mass is 16.5. The molecular formula is C18H27NO3. The summed E-state index contributed by atoms with van der Waals surface area (Å²) >= 11 is 0. The third kappa shape index (κ3) is 3.43. The number of carbonyl (C=O) groups excluding carboxylic acids is 1. The van der Waals surface area contributed by atoms with Crippen molar-refractivity contribution in [1.82, 2.24) is 0 Å². The Kier molecular flexibility index (Phi) is 4.81. The van der Waals surface area contributed by atoms with E-state index in [9.17, 15) is 4.79 Å². The summed E-state index contributed by atoms with van der Waals surface area (Å²) in [5, 5.41) is 3.00. The van der Waals surface area contributed by atoms with Crippen LogP contribution in [0.5, 0.6) is 5.75 Å². The normalized spacial score (nSPS) is 17.2. The molecule has 1 N–H and O–H groups in total. The molecule has 1 aliphatic rings. The highest BCUT2D eigenvalue weighted by molar-refractivity contribution is 5.97. The second kappa shape index (κ2) is 6.29. The number of hydrogen-bond acceptors (Lipinski definition) is 3. The van der Waals surface area contributed by atoms with Crippen LogP contribution in [-0.4, -0.2) is 24.7 Å². The molecule has 22 heavy (non-hydrogen) atoms. The van der Waals surface area contributed by atoms with E-state index >= 15 is 0 Å². The van der Waals surface area contributed by atoms with E-state index in [-0.39, 0.29) is 12.0 Å². The van der Waals surface area contributed by atoms with E-state index in [1.807, 2.05) is 46.8 Å². The molecule has 4 nitrogen and oxygen atoms in total. The van der Waals surface area contributed by atoms with Gasteiger partial charge in [-0.15, -0.1) is 0 Å². The predicted octanol–water partition coefficient (Wildman–Crippen LogP) is 3.84. The third-order valence-electron chi connectivity index (χ3n) is 4.30. The van der Waals surface area contributed by atoms with Crippen LogP contribution in [0.1, 0.15) is 44.7 Å². The summed E-state index contributed by atoms with van der Waals surface area (Å²) < 4.78 is 11.3. The largest absolute Gasteiger partial charge is 0.490 e. The number of amides is 1. The van der Waals surface area contributed by atoms with Crippen LogP contribution in [0.2, 0.25) is 0 Å². The minimum Gasteiger partial charge on any atom is -0.490 e. The summed E-state index contributed by atoms with van der Waals surface area (Å²) in [5.41, 5.74) is 2.10. The molecule has 0 aromatic heterocycles. The number of nitrogens with one attached hydrogen (secondary N) is 1. The van der Waals surface area contributed by atoms with Crippen LogP contribution in [-0.2, 0) is 9.53 Å². The van der Waals surface area contributed by atoms with Crippen molar-refractivity contribution >= 4 is 11.6 Å². The Labute approximate surface area is 133 Å². The summed E-state index contributed by atoms with van der Waals surface area (Å²) in [6.45, 7) is 9.88. The minimum absolute atomic E-state index is 0.0752. The number of anilines is 1. The van der Waals surface area contributed by atoms with Gasteiger partial charge in [-0.3, -0.25) is 4.79 Å². The molecule has 0 bridgehead atoms. The summed E-state index contributed by atoms with van der Waals surface area (Å²) in [7, 11) is 1.61. The molecule has 0 saturated heterocycles. The Morgan fingerprint density at radius 3 is 2.23 bits per heavy atom. The zero-order chi connectivity index (χ0) is 16.5. The molecular weight excluding hydrogens is 278 g/mol. The maximum Gasteiger partial charge on any atom is 0.256 e. The van der Waals surface area contributed by atoms with E-state index in [0.717, 1.165) is 35.4 Å². The standard InChI is InChI=1S/C18H27NO3/c1-11(2)22-16-12(3)9-15(10-13(16)4)19-17(20)18(5,21-6)14-7-8-14/h9-11,14H,7-8H2,1-6H3,(H,19,20)/t18-/m0/s1. The van der Waals surface area contributed by atoms with Crippen molar-refractivity contribution in [3.05, 3.63) is 23.3 Å². The van der Waals surface area contributed by atoms with Crippen molar-refractivity contribution in [1.29, 1.82) is 0 Å². The van der Waals surface area contributed by atoms with Crippen molar-refractivity contribution in [2.45, 2.75) is 59.2 Å². The van der Waals surface area contributed by atoms with Crippen LogP contribution in [0.4, 0.5) is 5.69 Å². The summed E-state index contributed by atoms with van der Waals surface area (Å²) in [5.74, 6) is 1.14. The molecule has 1 aromatic carbocycles. The number of hydrogen-bond donors (Lipinski definition) is 1. The summed E-state index contributed by atoms with van der Waals surface area (Å²) in [6, 6.07) is 3.90. The fourth-order valence-electron chi connectivity index (χ4n) is 2.78. The number of methoxy groups -OCH3 is 1. The van der Waals surface area contributed by atoms with Gasteiger partial charge in [0.2, 0.25) is 0 Å². The lowest BCUT2D eigenvalue weighted by atomic mass is 9.98. The Bertz CT molecular complexity index is 540. The van der Waals surface area contributed by atoms with Gasteiger partial charge < -0.3 is 14.8 Å². The average molecular weight is 305 g/mol. The van der Waals surface area contributed by atoms with Gasteiger partial charge in [0.05, 0.1) is 6.10 Å². The zero-order valence-electron chi connectivity index (χ0n) is 14.4. The van der Waals surface area contributed by atoms with Gasteiger partial charge >= 0.3 is 0 Å². The van der Waals surface area contributed by atoms with E-state index in [1.165, 1.54) is 0 Å². The monoisotopic (exact) mass is 305 g/mol. The van der Waals surface area contributed by atoms with Gasteiger partial charge in [-0.1, -0.05) is 0 Å². The minimum atomic E-state index is -0.741. The van der Waals surface area contributed by atoms with Crippen LogP contribution >= 0.6 is 0 Å². The first-order valence-corrected chi connectivity index (χ1v) is 7.92. The van der Waals surface area contributed by atoms with Crippen molar-refractivity contribution in [3.63, 3.8) is 0 Å². The molecule has 1 fully saturated rings. The predicted molar refractivity (Wildman–Crippen MR) is 88.4 cm³/mol. The molecule has 4 heteroatoms. The lowest BCUT2D eigenvalue weighted by molar-refractivity contribution is -0.138. The molecule has 1 aromatic rings. The van der Waals surface area contributed by atoms with Crippen molar-refractivity contribution in [2.75, 3.05) is 12.4 Å². The second-order valence-corrected chi connectivity index (χ2v) is 6.65. The lowest BCUT2D eigenvalue weighted by Gasteiger charge is -2.27. The molecule has 0 heterocycles. The van der Waals surface area contributed by atoms with Gasteiger partial charge in [0, 0.05) is 12.8 Å². The number of ether oxygens (including phenoxy) is 2. The maximum atomic E-state index is 12.6. The first kappa shape index (κ1) is 16.8. The summed E-state index contributed by atoms with van der Waals surface area (Å²) in [4.78, 5) is 12.6. The van der Waals surface area contributed by atoms with E-state index in [1.54, 1.807) is 7.11 Å². The van der Waals surface area contributed by atoms with E-state index in [2.05, 4.69) is 5.32 Å². The molecule has 0 aliphatic heterocycles. The highest BCUT2D eigenvalue weighted by Gasteiger charge is 2.47. The molecule has 0 unspecified atom stereocenters. The van der Waals surface area contributed by atoms with Crippen molar-refractivity contribution in [2.24, 2.45) is 5.92 Å². The quantitative estimate of drug-likeness (QED) is 0.868. The molecule has 122 valence electrons. The molecule has 0 spiro atoms. The number of carbonyl (C=O) groups is 1. The van der Waals surface area contributed by atoms with Gasteiger partial charge in [-0.2, -0.15) is 0 Å². The second-order valence-electron chi connectivity index (χ2n) is 6.65.